The van der Waals surface area contributed by atoms with Gasteiger partial charge in [-0.15, -0.1) is 0 Å². The molecule has 0 aliphatic carbocycles. The number of para-hydroxylation sites is 1. The molecule has 2 rings (SSSR count). The zero-order valence-electron chi connectivity index (χ0n) is 13.7. The Morgan fingerprint density at radius 3 is 2.55 bits per heavy atom. The average Bonchev–Trinajstić information content (AvgIpc) is 2.72. The van der Waals surface area contributed by atoms with Crippen LogP contribution in [0.15, 0.2) is 29.3 Å². The van der Waals surface area contributed by atoms with Gasteiger partial charge in [0.1, 0.15) is 10.7 Å². The lowest BCUT2D eigenvalue weighted by Crippen LogP contribution is -2.44. The normalized spacial score (nSPS) is 18.1. The van der Waals surface area contributed by atoms with Crippen LogP contribution in [-0.2, 0) is 16.9 Å². The molecule has 0 amide bonds. The zero-order chi connectivity index (χ0) is 16.5. The number of nitrogens with zero attached hydrogens (tertiary/aromatic N) is 2. The third-order valence-electron chi connectivity index (χ3n) is 3.81. The first kappa shape index (κ1) is 17.2. The number of thiocarbonyl (C=S) groups is 1. The summed E-state index contributed by atoms with van der Waals surface area (Å²) in [5, 5.41) is 3.65. The molecule has 1 aliphatic heterocycles. The molecule has 0 spiro atoms. The van der Waals surface area contributed by atoms with Crippen molar-refractivity contribution in [2.45, 2.75) is 45.0 Å². The van der Waals surface area contributed by atoms with Crippen LogP contribution >= 0.6 is 12.2 Å². The Hall–Kier alpha value is -1.11. The molecular weight excluding hydrogens is 314 g/mol. The van der Waals surface area contributed by atoms with E-state index in [1.807, 2.05) is 32.0 Å². The van der Waals surface area contributed by atoms with Crippen molar-refractivity contribution >= 4 is 39.2 Å². The van der Waals surface area contributed by atoms with E-state index in [9.17, 15) is 4.55 Å². The molecule has 0 radical (unpaired) electrons. The summed E-state index contributed by atoms with van der Waals surface area (Å²) in [5.74, 6) is 0.428. The molecule has 0 bridgehead atoms. The van der Waals surface area contributed by atoms with E-state index in [0.717, 1.165) is 11.3 Å². The van der Waals surface area contributed by atoms with E-state index in [-0.39, 0.29) is 0 Å². The lowest BCUT2D eigenvalue weighted by molar-refractivity contribution is 0.598. The van der Waals surface area contributed by atoms with E-state index in [4.69, 9.17) is 12.2 Å². The van der Waals surface area contributed by atoms with Crippen LogP contribution in [0.5, 0.6) is 0 Å². The predicted octanol–water partition coefficient (Wildman–Crippen LogP) is 2.85. The molecule has 1 N–H and O–H groups in total. The molecule has 1 aromatic carbocycles. The fraction of sp³-hybridized carbons (Fsp3) is 0.500. The van der Waals surface area contributed by atoms with Gasteiger partial charge in [-0.1, -0.05) is 30.4 Å². The minimum atomic E-state index is -1.23. The van der Waals surface area contributed by atoms with Gasteiger partial charge in [-0.2, -0.15) is 4.99 Å². The van der Waals surface area contributed by atoms with Crippen molar-refractivity contribution in [1.82, 2.24) is 5.32 Å². The van der Waals surface area contributed by atoms with E-state index >= 15 is 0 Å². The standard InChI is InChI=1S/C16H23N3OS2/c1-11(2)19(5)13-9-7-6-8-12(13)10-22(20)15-17-14(21)16(3,4)18-15/h6-9,11H,10H2,1-5H3,(H,17,18,21). The maximum absolute atomic E-state index is 12.6. The van der Waals surface area contributed by atoms with Gasteiger partial charge in [0, 0.05) is 35.5 Å². The first-order valence-corrected chi connectivity index (χ1v) is 9.05. The van der Waals surface area contributed by atoms with Crippen molar-refractivity contribution in [3.8, 4) is 0 Å². The smallest absolute Gasteiger partial charge is 0.318 e. The predicted molar refractivity (Wildman–Crippen MR) is 99.1 cm³/mol. The molecule has 4 nitrogen and oxygen atoms in total. The van der Waals surface area contributed by atoms with Crippen molar-refractivity contribution in [2.75, 3.05) is 11.9 Å². The maximum Gasteiger partial charge on any atom is 0.318 e. The Bertz CT molecular complexity index is 599. The number of hydrogen-bond acceptors (Lipinski definition) is 4. The molecule has 1 aromatic rings. The molecule has 1 heterocycles. The molecule has 1 unspecified atom stereocenters. The Balaban J connectivity index is 2.18. The molecule has 0 aromatic heterocycles. The highest BCUT2D eigenvalue weighted by atomic mass is 32.2. The van der Waals surface area contributed by atoms with Gasteiger partial charge in [0.15, 0.2) is 0 Å². The van der Waals surface area contributed by atoms with Gasteiger partial charge in [0.25, 0.3) is 0 Å². The monoisotopic (exact) mass is 337 g/mol. The van der Waals surface area contributed by atoms with Crippen LogP contribution in [0, 0.1) is 0 Å². The van der Waals surface area contributed by atoms with Gasteiger partial charge < -0.3 is 14.8 Å². The first-order chi connectivity index (χ1) is 10.2. The molecule has 0 fully saturated rings. The highest BCUT2D eigenvalue weighted by Gasteiger charge is 2.37. The molecule has 1 aliphatic rings. The number of benzene rings is 1. The summed E-state index contributed by atoms with van der Waals surface area (Å²) in [5.41, 5.74) is 1.76. The van der Waals surface area contributed by atoms with Gasteiger partial charge in [0.05, 0.1) is 5.54 Å². The van der Waals surface area contributed by atoms with E-state index in [2.05, 4.69) is 42.2 Å². The summed E-state index contributed by atoms with van der Waals surface area (Å²) in [4.78, 5) is 7.01. The summed E-state index contributed by atoms with van der Waals surface area (Å²) >= 11 is 4.00. The van der Waals surface area contributed by atoms with E-state index in [0.29, 0.717) is 22.0 Å². The quantitative estimate of drug-likeness (QED) is 0.678. The van der Waals surface area contributed by atoms with Crippen LogP contribution in [0.1, 0.15) is 33.3 Å². The Morgan fingerprint density at radius 1 is 1.36 bits per heavy atom. The Labute approximate surface area is 141 Å². The van der Waals surface area contributed by atoms with Gasteiger partial charge in [-0.05, 0) is 33.8 Å². The average molecular weight is 338 g/mol. The summed E-state index contributed by atoms with van der Waals surface area (Å²) in [6.07, 6.45) is 0. The van der Waals surface area contributed by atoms with Crippen LogP contribution in [0.25, 0.3) is 0 Å². The summed E-state index contributed by atoms with van der Waals surface area (Å²) in [6, 6.07) is 8.44. The van der Waals surface area contributed by atoms with Crippen LogP contribution in [0.4, 0.5) is 5.69 Å². The number of hydrogen-bond donors (Lipinski definition) is 1. The summed E-state index contributed by atoms with van der Waals surface area (Å²) in [6.45, 7) is 8.17. The Morgan fingerprint density at radius 2 is 2.00 bits per heavy atom. The van der Waals surface area contributed by atoms with Gasteiger partial charge in [-0.3, -0.25) is 0 Å². The number of amidine groups is 1. The number of aliphatic imine (C=N–C) groups is 1. The zero-order valence-corrected chi connectivity index (χ0v) is 15.3. The minimum absolute atomic E-state index is 0.378. The van der Waals surface area contributed by atoms with Crippen molar-refractivity contribution in [1.29, 1.82) is 0 Å². The van der Waals surface area contributed by atoms with Crippen molar-refractivity contribution in [3.63, 3.8) is 0 Å². The molecule has 6 heteroatoms. The minimum Gasteiger partial charge on any atom is -0.609 e. The lowest BCUT2D eigenvalue weighted by Gasteiger charge is -2.26. The van der Waals surface area contributed by atoms with Crippen LogP contribution in [0.2, 0.25) is 0 Å². The number of nitrogens with one attached hydrogen (secondary N) is 1. The van der Waals surface area contributed by atoms with E-state index in [1.54, 1.807) is 0 Å². The van der Waals surface area contributed by atoms with Crippen molar-refractivity contribution in [2.24, 2.45) is 4.99 Å². The maximum atomic E-state index is 12.6. The number of anilines is 1. The van der Waals surface area contributed by atoms with Crippen LogP contribution < -0.4 is 10.2 Å². The van der Waals surface area contributed by atoms with Crippen LogP contribution in [0.3, 0.4) is 0 Å². The molecule has 1 atom stereocenters. The van der Waals surface area contributed by atoms with E-state index < -0.39 is 16.7 Å². The highest BCUT2D eigenvalue weighted by molar-refractivity contribution is 8.05. The van der Waals surface area contributed by atoms with Gasteiger partial charge in [0.2, 0.25) is 0 Å². The topological polar surface area (TPSA) is 50.7 Å². The molecule has 0 saturated heterocycles. The third-order valence-corrected chi connectivity index (χ3v) is 5.61. The van der Waals surface area contributed by atoms with Gasteiger partial charge in [-0.25, -0.2) is 0 Å². The van der Waals surface area contributed by atoms with E-state index in [1.165, 1.54) is 0 Å². The molecular formula is C16H23N3OS2. The third kappa shape index (κ3) is 3.62. The lowest BCUT2D eigenvalue weighted by atomic mass is 10.1. The SMILES string of the molecule is CC(C)N(C)c1ccccc1C[S+]([O-])C1=NC(=S)C(C)(C)N1. The number of rotatable bonds is 4. The van der Waals surface area contributed by atoms with Crippen molar-refractivity contribution < 1.29 is 4.55 Å². The largest absolute Gasteiger partial charge is 0.609 e. The summed E-state index contributed by atoms with van der Waals surface area (Å²) in [7, 11) is 2.05. The molecule has 120 valence electrons. The first-order valence-electron chi connectivity index (χ1n) is 7.33. The fourth-order valence-electron chi connectivity index (χ4n) is 2.15. The van der Waals surface area contributed by atoms with Crippen LogP contribution in [-0.4, -0.2) is 33.3 Å². The van der Waals surface area contributed by atoms with Crippen molar-refractivity contribution in [3.05, 3.63) is 29.8 Å². The molecule has 22 heavy (non-hydrogen) atoms. The molecule has 0 saturated carbocycles. The highest BCUT2D eigenvalue weighted by Crippen LogP contribution is 2.25. The Kier molecular flexibility index (Phi) is 5.14. The fourth-order valence-corrected chi connectivity index (χ4v) is 3.58. The second-order valence-electron chi connectivity index (χ2n) is 6.30. The second kappa shape index (κ2) is 6.56. The summed E-state index contributed by atoms with van der Waals surface area (Å²) < 4.78 is 12.6. The van der Waals surface area contributed by atoms with Gasteiger partial charge >= 0.3 is 5.17 Å². The second-order valence-corrected chi connectivity index (χ2v) is 8.05.